The molecule has 7 heteroatoms. The number of carbonyl (C=O) groups excluding carboxylic acids is 2. The van der Waals surface area contributed by atoms with Crippen LogP contribution in [0.4, 0.5) is 10.1 Å². The summed E-state index contributed by atoms with van der Waals surface area (Å²) in [6.45, 7) is 1.84. The van der Waals surface area contributed by atoms with Gasteiger partial charge in [0.25, 0.3) is 0 Å². The quantitative estimate of drug-likeness (QED) is 0.455. The van der Waals surface area contributed by atoms with Gasteiger partial charge in [0.05, 0.1) is 16.3 Å². The van der Waals surface area contributed by atoms with Gasteiger partial charge in [-0.15, -0.1) is 0 Å². The van der Waals surface area contributed by atoms with E-state index in [1.807, 2.05) is 6.92 Å². The summed E-state index contributed by atoms with van der Waals surface area (Å²) >= 11 is 0. The van der Waals surface area contributed by atoms with Crippen LogP contribution < -0.4 is 5.32 Å². The highest BCUT2D eigenvalue weighted by molar-refractivity contribution is 7.91. The zero-order valence-electron chi connectivity index (χ0n) is 16.3. The van der Waals surface area contributed by atoms with Crippen molar-refractivity contribution >= 4 is 27.2 Å². The van der Waals surface area contributed by atoms with Crippen LogP contribution in [0.25, 0.3) is 0 Å². The molecule has 0 atom stereocenters. The number of halogens is 1. The predicted molar refractivity (Wildman–Crippen MR) is 113 cm³/mol. The van der Waals surface area contributed by atoms with E-state index in [0.29, 0.717) is 16.8 Å². The number of amides is 1. The van der Waals surface area contributed by atoms with Gasteiger partial charge < -0.3 is 5.32 Å². The van der Waals surface area contributed by atoms with Gasteiger partial charge in [-0.1, -0.05) is 42.0 Å². The first-order chi connectivity index (χ1) is 14.3. The van der Waals surface area contributed by atoms with E-state index in [9.17, 15) is 22.4 Å². The van der Waals surface area contributed by atoms with Crippen LogP contribution in [0.1, 0.15) is 27.9 Å². The van der Waals surface area contributed by atoms with Crippen molar-refractivity contribution in [3.8, 4) is 0 Å². The third-order valence-corrected chi connectivity index (χ3v) is 6.23. The first-order valence-electron chi connectivity index (χ1n) is 9.25. The van der Waals surface area contributed by atoms with Crippen LogP contribution in [-0.4, -0.2) is 25.9 Å². The minimum atomic E-state index is -3.73. The molecule has 3 rings (SSSR count). The van der Waals surface area contributed by atoms with E-state index in [1.54, 1.807) is 48.5 Å². The zero-order chi connectivity index (χ0) is 21.7. The predicted octanol–water partition coefficient (Wildman–Crippen LogP) is 4.17. The highest BCUT2D eigenvalue weighted by Gasteiger charge is 2.19. The monoisotopic (exact) mass is 425 g/mol. The number of aryl methyl sites for hydroxylation is 1. The second kappa shape index (κ2) is 9.00. The number of hydrogen-bond acceptors (Lipinski definition) is 4. The molecule has 0 unspecified atom stereocenters. The number of anilines is 1. The van der Waals surface area contributed by atoms with E-state index in [4.69, 9.17) is 0 Å². The maximum atomic E-state index is 13.0. The molecule has 154 valence electrons. The number of sulfone groups is 1. The molecule has 0 aliphatic heterocycles. The molecule has 0 radical (unpaired) electrons. The largest absolute Gasteiger partial charge is 0.325 e. The average Bonchev–Trinajstić information content (AvgIpc) is 2.74. The standard InChI is InChI=1S/C23H20FNO4S/c1-16-7-12-21(20(15-16)23(27)17-5-3-2-4-6-17)25-22(26)13-14-30(28,29)19-10-8-18(24)9-11-19/h2-12,15H,13-14H2,1H3,(H,25,26). The Balaban J connectivity index is 1.74. The summed E-state index contributed by atoms with van der Waals surface area (Å²) < 4.78 is 37.7. The van der Waals surface area contributed by atoms with E-state index >= 15 is 0 Å². The molecule has 0 aromatic heterocycles. The lowest BCUT2D eigenvalue weighted by Gasteiger charge is -2.12. The Bertz CT molecular complexity index is 1170. The number of nitrogens with one attached hydrogen (secondary N) is 1. The second-order valence-electron chi connectivity index (χ2n) is 6.82. The number of ketones is 1. The number of rotatable bonds is 7. The molecule has 3 aromatic carbocycles. The topological polar surface area (TPSA) is 80.3 Å². The summed E-state index contributed by atoms with van der Waals surface area (Å²) in [5.41, 5.74) is 1.98. The first kappa shape index (κ1) is 21.4. The minimum absolute atomic E-state index is 0.0491. The average molecular weight is 425 g/mol. The summed E-state index contributed by atoms with van der Waals surface area (Å²) in [6, 6.07) is 18.2. The Morgan fingerprint density at radius 3 is 2.27 bits per heavy atom. The van der Waals surface area contributed by atoms with Crippen LogP contribution in [0.5, 0.6) is 0 Å². The van der Waals surface area contributed by atoms with Gasteiger partial charge in [-0.3, -0.25) is 9.59 Å². The third-order valence-electron chi connectivity index (χ3n) is 4.50. The summed E-state index contributed by atoms with van der Waals surface area (Å²) in [4.78, 5) is 25.2. The van der Waals surface area contributed by atoms with Gasteiger partial charge in [0.2, 0.25) is 5.91 Å². The molecule has 0 aliphatic rings. The van der Waals surface area contributed by atoms with Gasteiger partial charge in [-0.25, -0.2) is 12.8 Å². The molecule has 30 heavy (non-hydrogen) atoms. The van der Waals surface area contributed by atoms with Crippen molar-refractivity contribution in [3.63, 3.8) is 0 Å². The molecular formula is C23H20FNO4S. The van der Waals surface area contributed by atoms with E-state index in [1.165, 1.54) is 12.1 Å². The molecule has 3 aromatic rings. The first-order valence-corrected chi connectivity index (χ1v) is 10.9. The molecule has 0 heterocycles. The molecule has 5 nitrogen and oxygen atoms in total. The van der Waals surface area contributed by atoms with Gasteiger partial charge in [0.1, 0.15) is 5.82 Å². The molecule has 0 spiro atoms. The Hall–Kier alpha value is -3.32. The number of carbonyl (C=O) groups is 2. The minimum Gasteiger partial charge on any atom is -0.325 e. The highest BCUT2D eigenvalue weighted by atomic mass is 32.2. The third kappa shape index (κ3) is 5.18. The summed E-state index contributed by atoms with van der Waals surface area (Å²) in [5, 5.41) is 2.64. The van der Waals surface area contributed by atoms with Crippen LogP contribution in [0.3, 0.4) is 0 Å². The molecule has 0 fully saturated rings. The number of hydrogen-bond donors (Lipinski definition) is 1. The zero-order valence-corrected chi connectivity index (χ0v) is 17.1. The van der Waals surface area contributed by atoms with Crippen molar-refractivity contribution in [2.75, 3.05) is 11.1 Å². The molecule has 0 saturated carbocycles. The Morgan fingerprint density at radius 2 is 1.60 bits per heavy atom. The maximum absolute atomic E-state index is 13.0. The van der Waals surface area contributed by atoms with Crippen LogP contribution in [0.2, 0.25) is 0 Å². The fourth-order valence-electron chi connectivity index (χ4n) is 2.90. The number of benzene rings is 3. The lowest BCUT2D eigenvalue weighted by Crippen LogP contribution is -2.19. The molecule has 1 amide bonds. The summed E-state index contributed by atoms with van der Waals surface area (Å²) in [6.07, 6.45) is -0.299. The van der Waals surface area contributed by atoms with Crippen LogP contribution in [0, 0.1) is 12.7 Å². The molecule has 0 bridgehead atoms. The highest BCUT2D eigenvalue weighted by Crippen LogP contribution is 2.22. The van der Waals surface area contributed by atoms with Crippen LogP contribution in [0.15, 0.2) is 77.7 Å². The van der Waals surface area contributed by atoms with E-state index in [2.05, 4.69) is 5.32 Å². The van der Waals surface area contributed by atoms with Crippen molar-refractivity contribution in [1.82, 2.24) is 0 Å². The van der Waals surface area contributed by atoms with Crippen molar-refractivity contribution in [2.45, 2.75) is 18.2 Å². The molecular weight excluding hydrogens is 405 g/mol. The normalized spacial score (nSPS) is 11.1. The van der Waals surface area contributed by atoms with E-state index < -0.39 is 27.3 Å². The Morgan fingerprint density at radius 1 is 0.933 bits per heavy atom. The lowest BCUT2D eigenvalue weighted by molar-refractivity contribution is -0.115. The molecule has 0 aliphatic carbocycles. The Kier molecular flexibility index (Phi) is 6.42. The SMILES string of the molecule is Cc1ccc(NC(=O)CCS(=O)(=O)c2ccc(F)cc2)c(C(=O)c2ccccc2)c1. The van der Waals surface area contributed by atoms with Crippen molar-refractivity contribution in [2.24, 2.45) is 0 Å². The van der Waals surface area contributed by atoms with E-state index in [0.717, 1.165) is 17.7 Å². The van der Waals surface area contributed by atoms with Gasteiger partial charge in [-0.2, -0.15) is 0 Å². The summed E-state index contributed by atoms with van der Waals surface area (Å²) in [5.74, 6) is -1.75. The van der Waals surface area contributed by atoms with Gasteiger partial charge in [0, 0.05) is 17.5 Å². The smallest absolute Gasteiger partial charge is 0.225 e. The fraction of sp³-hybridized carbons (Fsp3) is 0.130. The second-order valence-corrected chi connectivity index (χ2v) is 8.92. The van der Waals surface area contributed by atoms with Crippen LogP contribution >= 0.6 is 0 Å². The Labute approximate surface area is 174 Å². The van der Waals surface area contributed by atoms with E-state index in [-0.39, 0.29) is 17.1 Å². The molecule has 0 saturated heterocycles. The summed E-state index contributed by atoms with van der Waals surface area (Å²) in [7, 11) is -3.73. The van der Waals surface area contributed by atoms with Crippen molar-refractivity contribution in [1.29, 1.82) is 0 Å². The lowest BCUT2D eigenvalue weighted by atomic mass is 9.99. The van der Waals surface area contributed by atoms with Gasteiger partial charge in [0.15, 0.2) is 15.6 Å². The van der Waals surface area contributed by atoms with Gasteiger partial charge >= 0.3 is 0 Å². The maximum Gasteiger partial charge on any atom is 0.225 e. The fourth-order valence-corrected chi connectivity index (χ4v) is 4.14. The van der Waals surface area contributed by atoms with Gasteiger partial charge in [-0.05, 0) is 43.3 Å². The molecule has 1 N–H and O–H groups in total. The van der Waals surface area contributed by atoms with Crippen LogP contribution in [-0.2, 0) is 14.6 Å². The van der Waals surface area contributed by atoms with Crippen molar-refractivity contribution < 1.29 is 22.4 Å². The van der Waals surface area contributed by atoms with Crippen molar-refractivity contribution in [3.05, 3.63) is 95.3 Å².